The second-order valence-electron chi connectivity index (χ2n) is 5.44. The van der Waals surface area contributed by atoms with Gasteiger partial charge in [-0.15, -0.1) is 0 Å². The summed E-state index contributed by atoms with van der Waals surface area (Å²) in [6.07, 6.45) is 3.75. The van der Waals surface area contributed by atoms with E-state index in [2.05, 4.69) is 15.6 Å². The molecule has 0 bridgehead atoms. The molecule has 0 saturated carbocycles. The molecule has 0 atom stereocenters. The summed E-state index contributed by atoms with van der Waals surface area (Å²) in [5, 5.41) is 0. The summed E-state index contributed by atoms with van der Waals surface area (Å²) < 4.78 is 4.62. The third kappa shape index (κ3) is 5.31. The number of rotatable bonds is 5. The number of hydrazine groups is 1. The fourth-order valence-corrected chi connectivity index (χ4v) is 2.14. The SMILES string of the molecule is CCc1ccc(C(=O)NNC(=O)/C=C/c2ccc(C(=O)OC)cc2)cc1. The Morgan fingerprint density at radius 3 is 2.12 bits per heavy atom. The number of hydrogen-bond acceptors (Lipinski definition) is 4. The number of aryl methyl sites for hydroxylation is 1. The van der Waals surface area contributed by atoms with E-state index in [0.29, 0.717) is 11.1 Å². The largest absolute Gasteiger partial charge is 0.465 e. The number of carbonyl (C=O) groups excluding carboxylic acids is 3. The van der Waals surface area contributed by atoms with Crippen LogP contribution in [0, 0.1) is 0 Å². The minimum Gasteiger partial charge on any atom is -0.465 e. The number of amides is 2. The molecule has 2 amide bonds. The lowest BCUT2D eigenvalue weighted by Gasteiger charge is -2.06. The van der Waals surface area contributed by atoms with Gasteiger partial charge in [-0.3, -0.25) is 20.4 Å². The molecule has 0 heterocycles. The number of methoxy groups -OCH3 is 1. The van der Waals surface area contributed by atoms with E-state index < -0.39 is 17.8 Å². The Morgan fingerprint density at radius 2 is 1.54 bits per heavy atom. The van der Waals surface area contributed by atoms with Crippen LogP contribution in [-0.2, 0) is 16.0 Å². The number of esters is 1. The maximum absolute atomic E-state index is 12.0. The minimum atomic E-state index is -0.472. The highest BCUT2D eigenvalue weighted by molar-refractivity contribution is 5.98. The van der Waals surface area contributed by atoms with Gasteiger partial charge in [-0.25, -0.2) is 4.79 Å². The first kappa shape index (κ1) is 18.9. The molecular weight excluding hydrogens is 332 g/mol. The zero-order valence-electron chi connectivity index (χ0n) is 14.6. The summed E-state index contributed by atoms with van der Waals surface area (Å²) in [7, 11) is 1.31. The van der Waals surface area contributed by atoms with Gasteiger partial charge >= 0.3 is 5.97 Å². The summed E-state index contributed by atoms with van der Waals surface area (Å²) in [4.78, 5) is 35.1. The lowest BCUT2D eigenvalue weighted by atomic mass is 10.1. The average Bonchev–Trinajstić information content (AvgIpc) is 2.70. The van der Waals surface area contributed by atoms with Crippen molar-refractivity contribution < 1.29 is 19.1 Å². The summed E-state index contributed by atoms with van der Waals surface area (Å²) in [5.74, 6) is -1.29. The van der Waals surface area contributed by atoms with E-state index >= 15 is 0 Å². The van der Waals surface area contributed by atoms with Crippen molar-refractivity contribution in [2.45, 2.75) is 13.3 Å². The van der Waals surface area contributed by atoms with Crippen molar-refractivity contribution in [1.29, 1.82) is 0 Å². The first-order valence-corrected chi connectivity index (χ1v) is 8.09. The number of ether oxygens (including phenoxy) is 1. The first-order chi connectivity index (χ1) is 12.5. The molecule has 6 heteroatoms. The predicted molar refractivity (Wildman–Crippen MR) is 98.2 cm³/mol. The lowest BCUT2D eigenvalue weighted by molar-refractivity contribution is -0.117. The van der Waals surface area contributed by atoms with Gasteiger partial charge in [-0.05, 0) is 47.9 Å². The number of benzene rings is 2. The van der Waals surface area contributed by atoms with Crippen LogP contribution in [0.5, 0.6) is 0 Å². The zero-order valence-corrected chi connectivity index (χ0v) is 14.6. The van der Waals surface area contributed by atoms with Gasteiger partial charge in [0.05, 0.1) is 12.7 Å². The Bertz CT molecular complexity index is 809. The molecule has 0 aliphatic carbocycles. The molecule has 2 rings (SSSR count). The fourth-order valence-electron chi connectivity index (χ4n) is 2.14. The molecular formula is C20H20N2O4. The highest BCUT2D eigenvalue weighted by atomic mass is 16.5. The molecule has 26 heavy (non-hydrogen) atoms. The predicted octanol–water partition coefficient (Wildman–Crippen LogP) is 2.51. The van der Waals surface area contributed by atoms with Gasteiger partial charge in [0.2, 0.25) is 0 Å². The van der Waals surface area contributed by atoms with Crippen molar-refractivity contribution in [3.8, 4) is 0 Å². The highest BCUT2D eigenvalue weighted by Gasteiger charge is 2.06. The van der Waals surface area contributed by atoms with Crippen LogP contribution < -0.4 is 10.9 Å². The molecule has 2 N–H and O–H groups in total. The van der Waals surface area contributed by atoms with Gasteiger partial charge in [-0.2, -0.15) is 0 Å². The molecule has 2 aromatic rings. The van der Waals surface area contributed by atoms with E-state index in [9.17, 15) is 14.4 Å². The Kier molecular flexibility index (Phi) is 6.68. The monoisotopic (exact) mass is 352 g/mol. The Morgan fingerprint density at radius 1 is 0.923 bits per heavy atom. The molecule has 0 aliphatic rings. The van der Waals surface area contributed by atoms with E-state index in [1.165, 1.54) is 13.2 Å². The summed E-state index contributed by atoms with van der Waals surface area (Å²) in [6.45, 7) is 2.03. The summed E-state index contributed by atoms with van der Waals surface area (Å²) in [5.41, 5.74) is 7.42. The number of hydrogen-bond donors (Lipinski definition) is 2. The summed E-state index contributed by atoms with van der Waals surface area (Å²) >= 11 is 0. The van der Waals surface area contributed by atoms with Gasteiger partial charge in [-0.1, -0.05) is 31.2 Å². The van der Waals surface area contributed by atoms with Crippen molar-refractivity contribution in [2.24, 2.45) is 0 Å². The van der Waals surface area contributed by atoms with Gasteiger partial charge in [0.1, 0.15) is 0 Å². The molecule has 6 nitrogen and oxygen atoms in total. The fraction of sp³-hybridized carbons (Fsp3) is 0.150. The van der Waals surface area contributed by atoms with Crippen molar-refractivity contribution in [3.05, 3.63) is 76.9 Å². The Balaban J connectivity index is 1.86. The smallest absolute Gasteiger partial charge is 0.337 e. The van der Waals surface area contributed by atoms with Gasteiger partial charge in [0, 0.05) is 11.6 Å². The molecule has 0 spiro atoms. The topological polar surface area (TPSA) is 84.5 Å². The highest BCUT2D eigenvalue weighted by Crippen LogP contribution is 2.07. The van der Waals surface area contributed by atoms with Crippen LogP contribution >= 0.6 is 0 Å². The summed E-state index contributed by atoms with van der Waals surface area (Å²) in [6, 6.07) is 13.7. The Labute approximate surface area is 151 Å². The van der Waals surface area contributed by atoms with Crippen molar-refractivity contribution in [2.75, 3.05) is 7.11 Å². The molecule has 0 aliphatic heterocycles. The van der Waals surface area contributed by atoms with Gasteiger partial charge in [0.25, 0.3) is 11.8 Å². The maximum Gasteiger partial charge on any atom is 0.337 e. The van der Waals surface area contributed by atoms with Crippen LogP contribution in [0.2, 0.25) is 0 Å². The Hall–Kier alpha value is -3.41. The van der Waals surface area contributed by atoms with E-state index in [1.54, 1.807) is 42.5 Å². The number of nitrogens with one attached hydrogen (secondary N) is 2. The molecule has 134 valence electrons. The molecule has 0 radical (unpaired) electrons. The zero-order chi connectivity index (χ0) is 18.9. The van der Waals surface area contributed by atoms with E-state index in [-0.39, 0.29) is 0 Å². The normalized spacial score (nSPS) is 10.4. The average molecular weight is 352 g/mol. The number of carbonyl (C=O) groups is 3. The third-order valence-electron chi connectivity index (χ3n) is 3.68. The van der Waals surface area contributed by atoms with E-state index in [1.807, 2.05) is 19.1 Å². The first-order valence-electron chi connectivity index (χ1n) is 8.09. The third-order valence-corrected chi connectivity index (χ3v) is 3.68. The van der Waals surface area contributed by atoms with Crippen LogP contribution in [0.25, 0.3) is 6.08 Å². The van der Waals surface area contributed by atoms with E-state index in [4.69, 9.17) is 0 Å². The van der Waals surface area contributed by atoms with Crippen LogP contribution in [-0.4, -0.2) is 24.9 Å². The molecule has 0 saturated heterocycles. The van der Waals surface area contributed by atoms with Gasteiger partial charge < -0.3 is 4.74 Å². The molecule has 2 aromatic carbocycles. The van der Waals surface area contributed by atoms with Crippen molar-refractivity contribution >= 4 is 23.9 Å². The maximum atomic E-state index is 12.0. The molecule has 0 unspecified atom stereocenters. The van der Waals surface area contributed by atoms with Crippen molar-refractivity contribution in [1.82, 2.24) is 10.9 Å². The van der Waals surface area contributed by atoms with E-state index in [0.717, 1.165) is 17.5 Å². The second kappa shape index (κ2) is 9.17. The second-order valence-corrected chi connectivity index (χ2v) is 5.44. The molecule has 0 aromatic heterocycles. The minimum absolute atomic E-state index is 0.392. The standard InChI is InChI=1S/C20H20N2O4/c1-3-14-4-9-16(10-5-14)19(24)22-21-18(23)13-8-15-6-11-17(12-7-15)20(25)26-2/h4-13H,3H2,1-2H3,(H,21,23)(H,22,24)/b13-8+. The van der Waals surface area contributed by atoms with Crippen molar-refractivity contribution in [3.63, 3.8) is 0 Å². The van der Waals surface area contributed by atoms with Crippen LogP contribution in [0.15, 0.2) is 54.6 Å². The quantitative estimate of drug-likeness (QED) is 0.492. The lowest BCUT2D eigenvalue weighted by Crippen LogP contribution is -2.40. The van der Waals surface area contributed by atoms with Crippen LogP contribution in [0.3, 0.4) is 0 Å². The van der Waals surface area contributed by atoms with Gasteiger partial charge in [0.15, 0.2) is 0 Å². The van der Waals surface area contributed by atoms with Crippen LogP contribution in [0.4, 0.5) is 0 Å². The van der Waals surface area contributed by atoms with Crippen LogP contribution in [0.1, 0.15) is 38.8 Å². The molecule has 0 fully saturated rings.